The molecule has 1 aromatic heterocycles. The number of hydrogen-bond acceptors (Lipinski definition) is 4. The zero-order chi connectivity index (χ0) is 27.2. The standard InChI is InChI=1S/C31H39N3O3S/c1-6-23(5)34(31(36)32-25-11-7-22(4)8-12-25)19-30(35)33-17-15-29-27(16-18-38-29)28(33)20-37-26-13-9-24(10-14-26)21(2)3/h7-14,16,18,21,23,28H,6,15,17,19-20H2,1-5H3,(H,32,36)/t23-,28+/m1/s1. The molecule has 0 saturated carbocycles. The van der Waals surface area contributed by atoms with Crippen molar-refractivity contribution in [1.29, 1.82) is 0 Å². The third kappa shape index (κ3) is 6.57. The first-order valence-electron chi connectivity index (χ1n) is 13.5. The molecule has 0 bridgehead atoms. The molecule has 0 unspecified atom stereocenters. The van der Waals surface area contributed by atoms with E-state index < -0.39 is 0 Å². The predicted octanol–water partition coefficient (Wildman–Crippen LogP) is 7.02. The van der Waals surface area contributed by atoms with Gasteiger partial charge in [-0.15, -0.1) is 11.3 Å². The van der Waals surface area contributed by atoms with Crippen LogP contribution in [0.15, 0.2) is 60.0 Å². The first kappa shape index (κ1) is 27.7. The monoisotopic (exact) mass is 533 g/mol. The second-order valence-corrected chi connectivity index (χ2v) is 11.4. The van der Waals surface area contributed by atoms with Gasteiger partial charge in [0.1, 0.15) is 18.9 Å². The fraction of sp³-hybridized carbons (Fsp3) is 0.419. The van der Waals surface area contributed by atoms with Crippen molar-refractivity contribution in [2.45, 2.75) is 65.5 Å². The molecule has 1 aliphatic heterocycles. The lowest BCUT2D eigenvalue weighted by Gasteiger charge is -2.38. The second kappa shape index (κ2) is 12.5. The van der Waals surface area contributed by atoms with Gasteiger partial charge >= 0.3 is 6.03 Å². The van der Waals surface area contributed by atoms with E-state index in [1.54, 1.807) is 16.2 Å². The smallest absolute Gasteiger partial charge is 0.322 e. The maximum Gasteiger partial charge on any atom is 0.322 e. The van der Waals surface area contributed by atoms with Crippen LogP contribution in [0.2, 0.25) is 0 Å². The maximum atomic E-state index is 13.8. The number of rotatable bonds is 9. The van der Waals surface area contributed by atoms with Crippen LogP contribution in [0.5, 0.6) is 5.75 Å². The molecule has 0 spiro atoms. The summed E-state index contributed by atoms with van der Waals surface area (Å²) in [7, 11) is 0. The lowest BCUT2D eigenvalue weighted by Crippen LogP contribution is -2.50. The van der Waals surface area contributed by atoms with Gasteiger partial charge in [-0.25, -0.2) is 4.79 Å². The molecule has 1 N–H and O–H groups in total. The van der Waals surface area contributed by atoms with Crippen molar-refractivity contribution >= 4 is 29.0 Å². The molecule has 0 saturated heterocycles. The van der Waals surface area contributed by atoms with Crippen LogP contribution in [0, 0.1) is 6.92 Å². The van der Waals surface area contributed by atoms with Crippen LogP contribution >= 0.6 is 11.3 Å². The van der Waals surface area contributed by atoms with Crippen LogP contribution in [-0.4, -0.2) is 47.5 Å². The number of thiophene rings is 1. The average molecular weight is 534 g/mol. The Morgan fingerprint density at radius 1 is 1.08 bits per heavy atom. The van der Waals surface area contributed by atoms with Crippen molar-refractivity contribution in [2.24, 2.45) is 0 Å². The van der Waals surface area contributed by atoms with Gasteiger partial charge in [-0.1, -0.05) is 50.6 Å². The summed E-state index contributed by atoms with van der Waals surface area (Å²) in [5, 5.41) is 5.05. The van der Waals surface area contributed by atoms with Crippen LogP contribution in [0.1, 0.15) is 67.6 Å². The number of fused-ring (bicyclic) bond motifs is 1. The molecule has 7 heteroatoms. The molecule has 6 nitrogen and oxygen atoms in total. The highest BCUT2D eigenvalue weighted by Gasteiger charge is 2.34. The van der Waals surface area contributed by atoms with Crippen LogP contribution in [0.4, 0.5) is 10.5 Å². The minimum absolute atomic E-state index is 0.0196. The van der Waals surface area contributed by atoms with E-state index in [2.05, 4.69) is 42.7 Å². The fourth-order valence-corrected chi connectivity index (χ4v) is 5.64. The van der Waals surface area contributed by atoms with Crippen LogP contribution in [0.3, 0.4) is 0 Å². The third-order valence-electron chi connectivity index (χ3n) is 7.36. The molecule has 3 amide bonds. The number of nitrogens with one attached hydrogen (secondary N) is 1. The van der Waals surface area contributed by atoms with Crippen molar-refractivity contribution in [3.8, 4) is 5.75 Å². The molecule has 3 aromatic rings. The largest absolute Gasteiger partial charge is 0.491 e. The Hall–Kier alpha value is -3.32. The topological polar surface area (TPSA) is 61.9 Å². The number of anilines is 1. The van der Waals surface area contributed by atoms with Crippen molar-refractivity contribution in [3.05, 3.63) is 81.5 Å². The first-order valence-corrected chi connectivity index (χ1v) is 14.4. The zero-order valence-electron chi connectivity index (χ0n) is 23.1. The first-order chi connectivity index (χ1) is 18.3. The maximum absolute atomic E-state index is 13.8. The highest BCUT2D eigenvalue weighted by Crippen LogP contribution is 2.34. The van der Waals surface area contributed by atoms with Gasteiger partial charge in [0.25, 0.3) is 0 Å². The predicted molar refractivity (Wildman–Crippen MR) is 155 cm³/mol. The van der Waals surface area contributed by atoms with E-state index in [0.29, 0.717) is 19.1 Å². The normalized spacial score (nSPS) is 15.6. The second-order valence-electron chi connectivity index (χ2n) is 10.4. The van der Waals surface area contributed by atoms with Crippen LogP contribution < -0.4 is 10.1 Å². The van der Waals surface area contributed by atoms with Gasteiger partial charge in [-0.2, -0.15) is 0 Å². The third-order valence-corrected chi connectivity index (χ3v) is 8.36. The fourth-order valence-electron chi connectivity index (χ4n) is 4.72. The van der Waals surface area contributed by atoms with Gasteiger partial charge in [-0.05, 0) is 79.4 Å². The van der Waals surface area contributed by atoms with E-state index in [1.807, 2.05) is 62.1 Å². The molecule has 2 atom stereocenters. The Labute approximate surface area is 230 Å². The Balaban J connectivity index is 1.49. The minimum atomic E-state index is -0.261. The van der Waals surface area contributed by atoms with E-state index in [9.17, 15) is 9.59 Å². The minimum Gasteiger partial charge on any atom is -0.491 e. The molecule has 0 fully saturated rings. The van der Waals surface area contributed by atoms with E-state index in [0.717, 1.165) is 35.4 Å². The number of benzene rings is 2. The van der Waals surface area contributed by atoms with Gasteiger partial charge in [0, 0.05) is 23.2 Å². The Kier molecular flexibility index (Phi) is 9.10. The molecular weight excluding hydrogens is 494 g/mol. The Bertz CT molecular complexity index is 1220. The lowest BCUT2D eigenvalue weighted by molar-refractivity contribution is -0.135. The number of ether oxygens (including phenoxy) is 1. The van der Waals surface area contributed by atoms with Crippen molar-refractivity contribution in [1.82, 2.24) is 9.80 Å². The Morgan fingerprint density at radius 3 is 2.45 bits per heavy atom. The quantitative estimate of drug-likeness (QED) is 0.322. The van der Waals surface area contributed by atoms with Crippen molar-refractivity contribution < 1.29 is 14.3 Å². The lowest BCUT2D eigenvalue weighted by atomic mass is 10.00. The molecule has 0 aliphatic carbocycles. The molecule has 2 heterocycles. The molecule has 0 radical (unpaired) electrons. The van der Waals surface area contributed by atoms with E-state index in [4.69, 9.17) is 4.74 Å². The summed E-state index contributed by atoms with van der Waals surface area (Å²) in [5.74, 6) is 1.19. The van der Waals surface area contributed by atoms with Crippen molar-refractivity contribution in [3.63, 3.8) is 0 Å². The van der Waals surface area contributed by atoms with Gasteiger partial charge in [-0.3, -0.25) is 4.79 Å². The summed E-state index contributed by atoms with van der Waals surface area (Å²) in [6.45, 7) is 11.4. The van der Waals surface area contributed by atoms with Crippen LogP contribution in [-0.2, 0) is 11.2 Å². The summed E-state index contributed by atoms with van der Waals surface area (Å²) < 4.78 is 6.21. The number of aryl methyl sites for hydroxylation is 1. The number of carbonyl (C=O) groups is 2. The summed E-state index contributed by atoms with van der Waals surface area (Å²) in [5.41, 5.74) is 4.25. The van der Waals surface area contributed by atoms with Gasteiger partial charge in [0.05, 0.1) is 6.04 Å². The average Bonchev–Trinajstić information content (AvgIpc) is 3.40. The molecule has 4 rings (SSSR count). The summed E-state index contributed by atoms with van der Waals surface area (Å²) in [6, 6.07) is 17.4. The highest BCUT2D eigenvalue weighted by molar-refractivity contribution is 7.10. The van der Waals surface area contributed by atoms with Crippen LogP contribution in [0.25, 0.3) is 0 Å². The summed E-state index contributed by atoms with van der Waals surface area (Å²) >= 11 is 1.73. The number of hydrogen-bond donors (Lipinski definition) is 1. The van der Waals surface area contributed by atoms with Gasteiger partial charge < -0.3 is 19.9 Å². The summed E-state index contributed by atoms with van der Waals surface area (Å²) in [6.07, 6.45) is 1.57. The molecule has 38 heavy (non-hydrogen) atoms. The molecule has 1 aliphatic rings. The van der Waals surface area contributed by atoms with E-state index in [-0.39, 0.29) is 30.6 Å². The van der Waals surface area contributed by atoms with Gasteiger partial charge in [0.2, 0.25) is 5.91 Å². The van der Waals surface area contributed by atoms with Gasteiger partial charge in [0.15, 0.2) is 0 Å². The van der Waals surface area contributed by atoms with E-state index in [1.165, 1.54) is 10.4 Å². The molecule has 2 aromatic carbocycles. The number of amides is 3. The van der Waals surface area contributed by atoms with E-state index >= 15 is 0 Å². The molecular formula is C31H39N3O3S. The molecule has 202 valence electrons. The highest BCUT2D eigenvalue weighted by atomic mass is 32.1. The zero-order valence-corrected chi connectivity index (χ0v) is 23.9. The Morgan fingerprint density at radius 2 is 1.79 bits per heavy atom. The number of nitrogens with zero attached hydrogens (tertiary/aromatic N) is 2. The summed E-state index contributed by atoms with van der Waals surface area (Å²) in [4.78, 5) is 31.9. The number of carbonyl (C=O) groups excluding carboxylic acids is 2. The number of urea groups is 1. The van der Waals surface area contributed by atoms with Crippen molar-refractivity contribution in [2.75, 3.05) is 25.0 Å². The SMILES string of the molecule is CC[C@@H](C)N(CC(=O)N1CCc2sccc2[C@@H]1COc1ccc(C(C)C)cc1)C(=O)Nc1ccc(C)cc1.